The van der Waals surface area contributed by atoms with E-state index in [-0.39, 0.29) is 5.54 Å². The molecular weight excluding hydrogens is 502 g/mol. The van der Waals surface area contributed by atoms with Crippen molar-refractivity contribution in [3.63, 3.8) is 0 Å². The maximum Gasteiger partial charge on any atom is 0.304 e. The van der Waals surface area contributed by atoms with Gasteiger partial charge in [0.05, 0.1) is 54.8 Å². The summed E-state index contributed by atoms with van der Waals surface area (Å²) in [6.45, 7) is 12.8. The number of imidazole rings is 1. The smallest absolute Gasteiger partial charge is 0.304 e. The van der Waals surface area contributed by atoms with E-state index in [0.717, 1.165) is 79.6 Å². The summed E-state index contributed by atoms with van der Waals surface area (Å²) in [7, 11) is 1.63. The highest BCUT2D eigenvalue weighted by Gasteiger charge is 2.28. The predicted octanol–water partition coefficient (Wildman–Crippen LogP) is 3.08. The van der Waals surface area contributed by atoms with Gasteiger partial charge in [-0.05, 0) is 32.0 Å². The first-order valence-electron chi connectivity index (χ1n) is 13.2. The first-order valence-corrected chi connectivity index (χ1v) is 14.0. The van der Waals surface area contributed by atoms with Crippen molar-refractivity contribution in [3.8, 4) is 12.0 Å². The van der Waals surface area contributed by atoms with Crippen molar-refractivity contribution in [2.75, 3.05) is 71.2 Å². The molecule has 4 aromatic rings. The lowest BCUT2D eigenvalue weighted by Crippen LogP contribution is -2.54. The van der Waals surface area contributed by atoms with Gasteiger partial charge in [0.2, 0.25) is 5.95 Å². The Morgan fingerprint density at radius 3 is 2.47 bits per heavy atom. The number of aromatic nitrogens is 4. The highest BCUT2D eigenvalue weighted by Crippen LogP contribution is 2.35. The number of hydrogen-bond donors (Lipinski definition) is 1. The Labute approximate surface area is 226 Å². The van der Waals surface area contributed by atoms with Gasteiger partial charge in [0.1, 0.15) is 0 Å². The molecule has 2 fully saturated rings. The molecule has 2 aliphatic heterocycles. The highest BCUT2D eigenvalue weighted by molar-refractivity contribution is 7.19. The van der Waals surface area contributed by atoms with Gasteiger partial charge in [-0.3, -0.25) is 4.90 Å². The Balaban J connectivity index is 1.33. The van der Waals surface area contributed by atoms with Gasteiger partial charge < -0.3 is 24.4 Å². The Morgan fingerprint density at radius 2 is 1.71 bits per heavy atom. The summed E-state index contributed by atoms with van der Waals surface area (Å²) in [5.74, 6) is 1.51. The van der Waals surface area contributed by atoms with E-state index in [1.807, 2.05) is 28.8 Å². The molecule has 0 unspecified atom stereocenters. The molecule has 2 saturated heterocycles. The van der Waals surface area contributed by atoms with Crippen LogP contribution >= 0.6 is 11.3 Å². The topological polar surface area (TPSA) is 89.8 Å². The highest BCUT2D eigenvalue weighted by atomic mass is 32.1. The van der Waals surface area contributed by atoms with Crippen molar-refractivity contribution in [2.24, 2.45) is 0 Å². The predicted molar refractivity (Wildman–Crippen MR) is 150 cm³/mol. The van der Waals surface area contributed by atoms with Crippen molar-refractivity contribution < 1.29 is 14.2 Å². The summed E-state index contributed by atoms with van der Waals surface area (Å²) in [6, 6.07) is 10.6. The maximum atomic E-state index is 5.64. The van der Waals surface area contributed by atoms with Gasteiger partial charge >= 0.3 is 6.01 Å². The number of thiophene rings is 1. The number of anilines is 1. The van der Waals surface area contributed by atoms with E-state index in [0.29, 0.717) is 25.2 Å². The standard InChI is InChI=1S/C27H35N7O3S/c1-27(2,33-10-14-37-15-11-33)18-28-17-19-16-21-23(38-19)24(32-8-12-36-13-9-32)31-25(29-21)34-22-7-5-4-6-20(22)30-26(34)35-3/h4-7,16,28H,8-15,17-18H2,1-3H3. The molecule has 0 bridgehead atoms. The molecule has 6 rings (SSSR count). The van der Waals surface area contributed by atoms with E-state index < -0.39 is 0 Å². The van der Waals surface area contributed by atoms with Crippen LogP contribution in [0.1, 0.15) is 18.7 Å². The van der Waals surface area contributed by atoms with E-state index in [4.69, 9.17) is 24.2 Å². The van der Waals surface area contributed by atoms with Gasteiger partial charge in [0.25, 0.3) is 0 Å². The molecule has 0 amide bonds. The molecule has 2 aliphatic rings. The van der Waals surface area contributed by atoms with E-state index in [1.54, 1.807) is 18.4 Å². The number of morpholine rings is 2. The Bertz CT molecular complexity index is 1410. The van der Waals surface area contributed by atoms with Crippen LogP contribution in [0, 0.1) is 0 Å². The quantitative estimate of drug-likeness (QED) is 0.364. The average Bonchev–Trinajstić information content (AvgIpc) is 3.54. The molecule has 0 aliphatic carbocycles. The Hall–Kier alpha value is -2.83. The van der Waals surface area contributed by atoms with E-state index in [2.05, 4.69) is 40.0 Å². The van der Waals surface area contributed by atoms with Crippen LogP contribution in [0.2, 0.25) is 0 Å². The van der Waals surface area contributed by atoms with E-state index in [9.17, 15) is 0 Å². The second-order valence-corrected chi connectivity index (χ2v) is 11.4. The summed E-state index contributed by atoms with van der Waals surface area (Å²) in [5, 5.41) is 3.69. The van der Waals surface area contributed by atoms with Gasteiger partial charge in [-0.2, -0.15) is 9.97 Å². The lowest BCUT2D eigenvalue weighted by molar-refractivity contribution is -0.00965. The fourth-order valence-electron chi connectivity index (χ4n) is 5.24. The molecule has 202 valence electrons. The molecule has 0 atom stereocenters. The van der Waals surface area contributed by atoms with Crippen LogP contribution in [0.15, 0.2) is 30.3 Å². The molecular formula is C27H35N7O3S. The minimum absolute atomic E-state index is 0.0609. The minimum Gasteiger partial charge on any atom is -0.468 e. The molecule has 1 N–H and O–H groups in total. The average molecular weight is 538 g/mol. The number of para-hydroxylation sites is 2. The second kappa shape index (κ2) is 10.7. The largest absolute Gasteiger partial charge is 0.468 e. The number of methoxy groups -OCH3 is 1. The van der Waals surface area contributed by atoms with Gasteiger partial charge in [-0.25, -0.2) is 9.55 Å². The van der Waals surface area contributed by atoms with Crippen LogP contribution in [0.4, 0.5) is 5.82 Å². The first kappa shape index (κ1) is 25.4. The number of benzene rings is 1. The van der Waals surface area contributed by atoms with Crippen LogP contribution in [0.5, 0.6) is 6.01 Å². The monoisotopic (exact) mass is 537 g/mol. The third-order valence-electron chi connectivity index (χ3n) is 7.34. The number of nitrogens with zero attached hydrogens (tertiary/aromatic N) is 6. The van der Waals surface area contributed by atoms with Crippen molar-refractivity contribution in [3.05, 3.63) is 35.2 Å². The lowest BCUT2D eigenvalue weighted by Gasteiger charge is -2.41. The molecule has 5 heterocycles. The fraction of sp³-hybridized carbons (Fsp3) is 0.519. The van der Waals surface area contributed by atoms with Gasteiger partial charge in [-0.1, -0.05) is 12.1 Å². The van der Waals surface area contributed by atoms with Crippen molar-refractivity contribution in [2.45, 2.75) is 25.9 Å². The zero-order chi connectivity index (χ0) is 26.1. The van der Waals surface area contributed by atoms with Crippen molar-refractivity contribution in [1.82, 2.24) is 29.7 Å². The van der Waals surface area contributed by atoms with Crippen LogP contribution in [-0.2, 0) is 16.0 Å². The van der Waals surface area contributed by atoms with Crippen LogP contribution in [0.3, 0.4) is 0 Å². The fourth-order valence-corrected chi connectivity index (χ4v) is 6.32. The molecule has 0 saturated carbocycles. The number of fused-ring (bicyclic) bond motifs is 2. The summed E-state index contributed by atoms with van der Waals surface area (Å²) in [4.78, 5) is 20.8. The van der Waals surface area contributed by atoms with E-state index in [1.165, 1.54) is 4.88 Å². The number of ether oxygens (including phenoxy) is 3. The van der Waals surface area contributed by atoms with Crippen LogP contribution in [-0.4, -0.2) is 96.2 Å². The summed E-state index contributed by atoms with van der Waals surface area (Å²) >= 11 is 1.76. The minimum atomic E-state index is 0.0609. The number of rotatable bonds is 8. The first-order chi connectivity index (χ1) is 18.5. The van der Waals surface area contributed by atoms with Crippen molar-refractivity contribution >= 4 is 38.4 Å². The zero-order valence-corrected chi connectivity index (χ0v) is 23.1. The van der Waals surface area contributed by atoms with Crippen molar-refractivity contribution in [1.29, 1.82) is 0 Å². The second-order valence-electron chi connectivity index (χ2n) is 10.3. The van der Waals surface area contributed by atoms with E-state index >= 15 is 0 Å². The molecule has 38 heavy (non-hydrogen) atoms. The molecule has 3 aromatic heterocycles. The summed E-state index contributed by atoms with van der Waals surface area (Å²) in [5.41, 5.74) is 2.76. The third kappa shape index (κ3) is 4.96. The summed E-state index contributed by atoms with van der Waals surface area (Å²) in [6.07, 6.45) is 0. The maximum absolute atomic E-state index is 5.64. The lowest BCUT2D eigenvalue weighted by atomic mass is 10.0. The Kier molecular flexibility index (Phi) is 7.19. The molecule has 0 radical (unpaired) electrons. The van der Waals surface area contributed by atoms with Crippen LogP contribution in [0.25, 0.3) is 27.2 Å². The SMILES string of the molecule is COc1nc2ccccc2n1-c1nc(N2CCOCC2)c2sc(CNCC(C)(C)N3CCOCC3)cc2n1. The van der Waals surface area contributed by atoms with Crippen LogP contribution < -0.4 is 15.0 Å². The number of nitrogens with one attached hydrogen (secondary N) is 1. The molecule has 0 spiro atoms. The van der Waals surface area contributed by atoms with Gasteiger partial charge in [0.15, 0.2) is 5.82 Å². The zero-order valence-electron chi connectivity index (χ0n) is 22.3. The van der Waals surface area contributed by atoms with Gasteiger partial charge in [0, 0.05) is 49.7 Å². The summed E-state index contributed by atoms with van der Waals surface area (Å²) < 4.78 is 19.8. The molecule has 10 nitrogen and oxygen atoms in total. The van der Waals surface area contributed by atoms with Gasteiger partial charge in [-0.15, -0.1) is 11.3 Å². The normalized spacial score (nSPS) is 17.5. The Morgan fingerprint density at radius 1 is 0.974 bits per heavy atom. The molecule has 1 aromatic carbocycles. The molecule has 11 heteroatoms. The third-order valence-corrected chi connectivity index (χ3v) is 8.46. The number of hydrogen-bond acceptors (Lipinski definition) is 10.